The van der Waals surface area contributed by atoms with Crippen LogP contribution in [0.4, 0.5) is 5.69 Å². The summed E-state index contributed by atoms with van der Waals surface area (Å²) in [5.74, 6) is -0.884. The first-order chi connectivity index (χ1) is 9.53. The summed E-state index contributed by atoms with van der Waals surface area (Å²) in [5, 5.41) is 10.5. The largest absolute Gasteiger partial charge is 0.369 e. The van der Waals surface area contributed by atoms with Gasteiger partial charge >= 0.3 is 0 Å². The molecule has 1 aromatic carbocycles. The molecule has 0 unspecified atom stereocenters. The Morgan fingerprint density at radius 2 is 2.15 bits per heavy atom. The van der Waals surface area contributed by atoms with E-state index in [0.717, 1.165) is 21.8 Å². The van der Waals surface area contributed by atoms with E-state index < -0.39 is 11.3 Å². The Morgan fingerprint density at radius 1 is 1.40 bits per heavy atom. The van der Waals surface area contributed by atoms with Crippen molar-refractivity contribution in [1.29, 1.82) is 0 Å². The van der Waals surface area contributed by atoms with Crippen molar-refractivity contribution in [2.45, 2.75) is 19.3 Å². The SMILES string of the molecule is NC(=O)C1(C(=O)Nc2cc(Br)c3cn[nH]c3c2)CCC1. The number of carbonyl (C=O) groups excluding carboxylic acids is 2. The number of hydrogen-bond donors (Lipinski definition) is 3. The van der Waals surface area contributed by atoms with Gasteiger partial charge < -0.3 is 11.1 Å². The molecule has 2 aromatic rings. The van der Waals surface area contributed by atoms with Crippen LogP contribution in [0.1, 0.15) is 19.3 Å². The van der Waals surface area contributed by atoms with Crippen LogP contribution in [0.25, 0.3) is 10.9 Å². The summed E-state index contributed by atoms with van der Waals surface area (Å²) in [6.45, 7) is 0. The number of nitrogens with two attached hydrogens (primary N) is 1. The standard InChI is InChI=1S/C13H13BrN4O2/c14-9-4-7(5-10-8(9)6-16-18-10)17-12(20)13(11(15)19)2-1-3-13/h4-6H,1-3H2,(H2,15,19)(H,16,18)(H,17,20). The Bertz CT molecular complexity index is 705. The molecule has 1 saturated carbocycles. The van der Waals surface area contributed by atoms with Gasteiger partial charge in [-0.25, -0.2) is 0 Å². The van der Waals surface area contributed by atoms with Gasteiger partial charge in [0.15, 0.2) is 0 Å². The second-order valence-corrected chi connectivity index (χ2v) is 5.90. The van der Waals surface area contributed by atoms with Gasteiger partial charge in [-0.2, -0.15) is 5.10 Å². The van der Waals surface area contributed by atoms with E-state index in [1.54, 1.807) is 18.3 Å². The Balaban J connectivity index is 1.89. The molecule has 0 aliphatic heterocycles. The predicted octanol–water partition coefficient (Wildman–Crippen LogP) is 1.92. The first-order valence-electron chi connectivity index (χ1n) is 6.27. The molecule has 0 radical (unpaired) electrons. The molecular weight excluding hydrogens is 324 g/mol. The Kier molecular flexibility index (Phi) is 3.01. The number of aromatic nitrogens is 2. The van der Waals surface area contributed by atoms with Crippen LogP contribution in [0.2, 0.25) is 0 Å². The molecule has 1 fully saturated rings. The lowest BCUT2D eigenvalue weighted by atomic mass is 9.67. The summed E-state index contributed by atoms with van der Waals surface area (Å²) < 4.78 is 0.820. The molecule has 1 aliphatic rings. The minimum absolute atomic E-state index is 0.331. The number of hydrogen-bond acceptors (Lipinski definition) is 3. The molecule has 1 aliphatic carbocycles. The van der Waals surface area contributed by atoms with E-state index in [-0.39, 0.29) is 5.91 Å². The summed E-state index contributed by atoms with van der Waals surface area (Å²) in [7, 11) is 0. The molecule has 1 heterocycles. The third-order valence-electron chi connectivity index (χ3n) is 3.88. The molecule has 1 aromatic heterocycles. The van der Waals surface area contributed by atoms with Crippen LogP contribution in [-0.4, -0.2) is 22.0 Å². The highest BCUT2D eigenvalue weighted by atomic mass is 79.9. The Labute approximate surface area is 123 Å². The lowest BCUT2D eigenvalue weighted by molar-refractivity contribution is -0.144. The first-order valence-corrected chi connectivity index (χ1v) is 7.06. The number of H-pyrrole nitrogens is 1. The quantitative estimate of drug-likeness (QED) is 0.746. The van der Waals surface area contributed by atoms with Crippen molar-refractivity contribution in [3.8, 4) is 0 Å². The maximum Gasteiger partial charge on any atom is 0.240 e. The summed E-state index contributed by atoms with van der Waals surface area (Å²) >= 11 is 3.42. The average Bonchev–Trinajstić information content (AvgIpc) is 2.75. The second kappa shape index (κ2) is 4.59. The van der Waals surface area contributed by atoms with Gasteiger partial charge in [0.25, 0.3) is 0 Å². The summed E-state index contributed by atoms with van der Waals surface area (Å²) in [4.78, 5) is 23.8. The van der Waals surface area contributed by atoms with Crippen LogP contribution < -0.4 is 11.1 Å². The third-order valence-corrected chi connectivity index (χ3v) is 4.54. The van der Waals surface area contributed by atoms with E-state index in [9.17, 15) is 9.59 Å². The van der Waals surface area contributed by atoms with Gasteiger partial charge in [0.05, 0.1) is 11.7 Å². The fourth-order valence-corrected chi connectivity index (χ4v) is 3.01. The van der Waals surface area contributed by atoms with Crippen LogP contribution in [0.15, 0.2) is 22.8 Å². The highest BCUT2D eigenvalue weighted by molar-refractivity contribution is 9.10. The van der Waals surface area contributed by atoms with Crippen LogP contribution in [0.5, 0.6) is 0 Å². The zero-order valence-corrected chi connectivity index (χ0v) is 12.2. The lowest BCUT2D eigenvalue weighted by Crippen LogP contribution is -2.51. The monoisotopic (exact) mass is 336 g/mol. The predicted molar refractivity (Wildman–Crippen MR) is 77.9 cm³/mol. The Morgan fingerprint density at radius 3 is 2.75 bits per heavy atom. The van der Waals surface area contributed by atoms with Crippen molar-refractivity contribution in [3.63, 3.8) is 0 Å². The highest BCUT2D eigenvalue weighted by Crippen LogP contribution is 2.41. The molecule has 2 amide bonds. The summed E-state index contributed by atoms with van der Waals surface area (Å²) in [6.07, 6.45) is 3.57. The van der Waals surface area contributed by atoms with Gasteiger partial charge in [0.1, 0.15) is 5.41 Å². The zero-order valence-electron chi connectivity index (χ0n) is 10.6. The lowest BCUT2D eigenvalue weighted by Gasteiger charge is -2.36. The second-order valence-electron chi connectivity index (χ2n) is 5.04. The number of halogens is 1. The minimum Gasteiger partial charge on any atom is -0.369 e. The highest BCUT2D eigenvalue weighted by Gasteiger charge is 2.49. The molecule has 0 atom stereocenters. The van der Waals surface area contributed by atoms with Crippen LogP contribution in [-0.2, 0) is 9.59 Å². The van der Waals surface area contributed by atoms with Gasteiger partial charge in [-0.15, -0.1) is 0 Å². The molecule has 4 N–H and O–H groups in total. The fourth-order valence-electron chi connectivity index (χ4n) is 2.45. The topological polar surface area (TPSA) is 101 Å². The number of primary amides is 1. The zero-order chi connectivity index (χ0) is 14.3. The van der Waals surface area contributed by atoms with Gasteiger partial charge in [0, 0.05) is 15.5 Å². The van der Waals surface area contributed by atoms with Crippen molar-refractivity contribution >= 4 is 44.3 Å². The molecule has 7 heteroatoms. The smallest absolute Gasteiger partial charge is 0.240 e. The van der Waals surface area contributed by atoms with Gasteiger partial charge in [-0.05, 0) is 40.9 Å². The van der Waals surface area contributed by atoms with Gasteiger partial charge in [-0.1, -0.05) is 6.42 Å². The molecule has 20 heavy (non-hydrogen) atoms. The third kappa shape index (κ3) is 1.89. The van der Waals surface area contributed by atoms with Crippen molar-refractivity contribution < 1.29 is 9.59 Å². The molecular formula is C13H13BrN4O2. The van der Waals surface area contributed by atoms with Crippen molar-refractivity contribution in [1.82, 2.24) is 10.2 Å². The fraction of sp³-hybridized carbons (Fsp3) is 0.308. The van der Waals surface area contributed by atoms with Crippen LogP contribution >= 0.6 is 15.9 Å². The minimum atomic E-state index is -1.05. The number of carbonyl (C=O) groups is 2. The summed E-state index contributed by atoms with van der Waals surface area (Å²) in [5.41, 5.74) is 5.72. The molecule has 0 bridgehead atoms. The number of amides is 2. The molecule has 104 valence electrons. The number of anilines is 1. The number of rotatable bonds is 3. The van der Waals surface area contributed by atoms with Crippen LogP contribution in [0.3, 0.4) is 0 Å². The van der Waals surface area contributed by atoms with E-state index in [2.05, 4.69) is 31.4 Å². The number of nitrogens with zero attached hydrogens (tertiary/aromatic N) is 1. The number of benzene rings is 1. The maximum absolute atomic E-state index is 12.3. The van der Waals surface area contributed by atoms with E-state index in [1.165, 1.54) is 0 Å². The van der Waals surface area contributed by atoms with Crippen molar-refractivity contribution in [3.05, 3.63) is 22.8 Å². The molecule has 0 saturated heterocycles. The first kappa shape index (κ1) is 13.1. The normalized spacial score (nSPS) is 16.6. The van der Waals surface area contributed by atoms with E-state index in [4.69, 9.17) is 5.73 Å². The average molecular weight is 337 g/mol. The van der Waals surface area contributed by atoms with E-state index in [0.29, 0.717) is 18.5 Å². The summed E-state index contributed by atoms with van der Waals surface area (Å²) in [6, 6.07) is 3.56. The van der Waals surface area contributed by atoms with Crippen LogP contribution in [0, 0.1) is 5.41 Å². The number of fused-ring (bicyclic) bond motifs is 1. The molecule has 6 nitrogen and oxygen atoms in total. The number of aromatic amines is 1. The maximum atomic E-state index is 12.3. The van der Waals surface area contributed by atoms with E-state index >= 15 is 0 Å². The van der Waals surface area contributed by atoms with Crippen molar-refractivity contribution in [2.75, 3.05) is 5.32 Å². The number of nitrogens with one attached hydrogen (secondary N) is 2. The van der Waals surface area contributed by atoms with E-state index in [1.807, 2.05) is 0 Å². The van der Waals surface area contributed by atoms with Crippen molar-refractivity contribution in [2.24, 2.45) is 11.1 Å². The van der Waals surface area contributed by atoms with Gasteiger partial charge in [-0.3, -0.25) is 14.7 Å². The molecule has 3 rings (SSSR count). The Hall–Kier alpha value is -1.89. The van der Waals surface area contributed by atoms with Gasteiger partial charge in [0.2, 0.25) is 11.8 Å². The molecule has 0 spiro atoms.